The van der Waals surface area contributed by atoms with E-state index in [1.54, 1.807) is 12.3 Å². The highest BCUT2D eigenvalue weighted by Crippen LogP contribution is 2.28. The smallest absolute Gasteiger partial charge is 0.291 e. The second kappa shape index (κ2) is 11.7. The number of nitrogens with zero attached hydrogens (tertiary/aromatic N) is 3. The maximum Gasteiger partial charge on any atom is 0.291 e. The normalized spacial score (nSPS) is 11.1. The maximum atomic E-state index is 13.1. The lowest BCUT2D eigenvalue weighted by Crippen LogP contribution is -2.18. The molecule has 0 atom stereocenters. The average molecular weight is 537 g/mol. The van der Waals surface area contributed by atoms with E-state index in [4.69, 9.17) is 4.74 Å². The number of nitrogens with one attached hydrogen (secondary N) is 1. The Hall–Kier alpha value is -5.49. The lowest BCUT2D eigenvalue weighted by molar-refractivity contribution is 0.0949. The molecule has 6 aromatic rings. The first kappa shape index (κ1) is 25.8. The van der Waals surface area contributed by atoms with Crippen molar-refractivity contribution in [3.8, 4) is 22.7 Å². The maximum absolute atomic E-state index is 13.1. The molecule has 41 heavy (non-hydrogen) atoms. The Balaban J connectivity index is 1.19. The van der Waals surface area contributed by atoms with Crippen molar-refractivity contribution in [2.24, 2.45) is 5.10 Å². The first-order chi connectivity index (χ1) is 20.1. The van der Waals surface area contributed by atoms with E-state index in [0.717, 1.165) is 50.2 Å². The third-order valence-corrected chi connectivity index (χ3v) is 6.74. The van der Waals surface area contributed by atoms with Crippen LogP contribution in [0.15, 0.2) is 132 Å². The fourth-order valence-corrected chi connectivity index (χ4v) is 4.62. The predicted octanol–water partition coefficient (Wildman–Crippen LogP) is 7.34. The number of benzene rings is 5. The third-order valence-electron chi connectivity index (χ3n) is 6.74. The topological polar surface area (TPSA) is 68.5 Å². The molecule has 1 heterocycles. The van der Waals surface area contributed by atoms with Crippen molar-refractivity contribution >= 4 is 22.9 Å². The summed E-state index contributed by atoms with van der Waals surface area (Å²) in [5.74, 6) is 0.371. The van der Waals surface area contributed by atoms with E-state index >= 15 is 0 Å². The molecule has 0 fully saturated rings. The summed E-state index contributed by atoms with van der Waals surface area (Å²) < 4.78 is 7.65. The van der Waals surface area contributed by atoms with Gasteiger partial charge in [0.25, 0.3) is 5.91 Å². The fourth-order valence-electron chi connectivity index (χ4n) is 4.62. The van der Waals surface area contributed by atoms with Gasteiger partial charge in [-0.25, -0.2) is 10.1 Å². The van der Waals surface area contributed by atoms with Crippen LogP contribution in [0.25, 0.3) is 27.7 Å². The number of carbonyl (C=O) groups is 1. The largest absolute Gasteiger partial charge is 0.489 e. The zero-order valence-corrected chi connectivity index (χ0v) is 22.6. The highest BCUT2D eigenvalue weighted by Gasteiger charge is 2.17. The Morgan fingerprint density at radius 2 is 1.61 bits per heavy atom. The summed E-state index contributed by atoms with van der Waals surface area (Å²) in [7, 11) is 0. The molecule has 0 radical (unpaired) electrons. The van der Waals surface area contributed by atoms with E-state index in [0.29, 0.717) is 6.61 Å². The first-order valence-electron chi connectivity index (χ1n) is 13.4. The van der Waals surface area contributed by atoms with Gasteiger partial charge in [0.1, 0.15) is 12.4 Å². The molecule has 6 nitrogen and oxygen atoms in total. The molecule has 200 valence electrons. The van der Waals surface area contributed by atoms with Crippen LogP contribution in [0, 0.1) is 6.92 Å². The molecule has 0 saturated carbocycles. The summed E-state index contributed by atoms with van der Waals surface area (Å²) in [5, 5.41) is 11.1. The number of carbonyl (C=O) groups excluding carboxylic acids is 1. The van der Waals surface area contributed by atoms with Gasteiger partial charge in [0.2, 0.25) is 0 Å². The van der Waals surface area contributed by atoms with Crippen molar-refractivity contribution < 1.29 is 9.53 Å². The second-order valence-corrected chi connectivity index (χ2v) is 9.77. The van der Waals surface area contributed by atoms with Crippen molar-refractivity contribution in [1.82, 2.24) is 15.2 Å². The molecular weight excluding hydrogens is 508 g/mol. The molecule has 1 N–H and O–H groups in total. The summed E-state index contributed by atoms with van der Waals surface area (Å²) in [4.78, 5) is 13.1. The summed E-state index contributed by atoms with van der Waals surface area (Å²) in [6.07, 6.45) is 1.60. The first-order valence-corrected chi connectivity index (χ1v) is 13.4. The number of hydrazone groups is 1. The van der Waals surface area contributed by atoms with Crippen LogP contribution in [-0.4, -0.2) is 21.9 Å². The van der Waals surface area contributed by atoms with Gasteiger partial charge in [-0.3, -0.25) is 4.79 Å². The lowest BCUT2D eigenvalue weighted by atomic mass is 10.0. The van der Waals surface area contributed by atoms with Gasteiger partial charge >= 0.3 is 0 Å². The molecular formula is C35H28N4O2. The van der Waals surface area contributed by atoms with E-state index in [9.17, 15) is 4.79 Å². The third kappa shape index (κ3) is 6.07. The summed E-state index contributed by atoms with van der Waals surface area (Å²) >= 11 is 0. The van der Waals surface area contributed by atoms with Gasteiger partial charge in [-0.2, -0.15) is 10.2 Å². The molecule has 0 unspecified atom stereocenters. The van der Waals surface area contributed by atoms with Gasteiger partial charge in [0, 0.05) is 5.56 Å². The summed E-state index contributed by atoms with van der Waals surface area (Å²) in [5.41, 5.74) is 8.60. The van der Waals surface area contributed by atoms with Crippen molar-refractivity contribution in [2.45, 2.75) is 13.5 Å². The van der Waals surface area contributed by atoms with Crippen LogP contribution in [0.3, 0.4) is 0 Å². The van der Waals surface area contributed by atoms with Crippen LogP contribution < -0.4 is 10.2 Å². The Kier molecular flexibility index (Phi) is 7.36. The molecule has 0 bridgehead atoms. The number of aryl methyl sites for hydroxylation is 1. The summed E-state index contributed by atoms with van der Waals surface area (Å²) in [6, 6.07) is 41.9. The van der Waals surface area contributed by atoms with Crippen LogP contribution in [-0.2, 0) is 6.61 Å². The molecule has 0 saturated heterocycles. The fraction of sp³-hybridized carbons (Fsp3) is 0.0571. The molecule has 6 rings (SSSR count). The van der Waals surface area contributed by atoms with Gasteiger partial charge in [0.15, 0.2) is 5.69 Å². The van der Waals surface area contributed by atoms with Crippen molar-refractivity contribution in [2.75, 3.05) is 0 Å². The summed E-state index contributed by atoms with van der Waals surface area (Å²) in [6.45, 7) is 2.54. The van der Waals surface area contributed by atoms with E-state index < -0.39 is 5.91 Å². The van der Waals surface area contributed by atoms with Gasteiger partial charge in [-0.05, 0) is 82.9 Å². The van der Waals surface area contributed by atoms with Crippen molar-refractivity contribution in [3.05, 3.63) is 150 Å². The number of ether oxygens (including phenoxy) is 1. The zero-order valence-electron chi connectivity index (χ0n) is 22.6. The van der Waals surface area contributed by atoms with Crippen molar-refractivity contribution in [1.29, 1.82) is 0 Å². The van der Waals surface area contributed by atoms with Crippen LogP contribution in [0.1, 0.15) is 27.2 Å². The standard InChI is InChI=1S/C35H28N4O2/c1-25-8-7-13-31(20-25)39-34(30-17-16-28-11-5-6-12-29(28)21-30)22-33(38-39)35(40)37-36-23-26-14-18-32(19-15-26)41-24-27-9-3-2-4-10-27/h2-23H,24H2,1H3,(H,37,40)/b36-23-. The number of rotatable bonds is 8. The SMILES string of the molecule is Cc1cccc(-n2nc(C(=O)N/N=C\c3ccc(OCc4ccccc4)cc3)cc2-c2ccc3ccccc3c2)c1. The predicted molar refractivity (Wildman–Crippen MR) is 164 cm³/mol. The number of hydrogen-bond donors (Lipinski definition) is 1. The number of hydrogen-bond acceptors (Lipinski definition) is 4. The molecule has 1 amide bonds. The molecule has 6 heteroatoms. The number of amides is 1. The van der Waals surface area contributed by atoms with E-state index in [1.165, 1.54) is 0 Å². The Morgan fingerprint density at radius 3 is 2.41 bits per heavy atom. The minimum Gasteiger partial charge on any atom is -0.489 e. The van der Waals surface area contributed by atoms with Gasteiger partial charge in [-0.15, -0.1) is 0 Å². The molecule has 1 aromatic heterocycles. The van der Waals surface area contributed by atoms with Crippen LogP contribution in [0.5, 0.6) is 5.75 Å². The average Bonchev–Trinajstić information content (AvgIpc) is 3.47. The van der Waals surface area contributed by atoms with Crippen LogP contribution in [0.4, 0.5) is 0 Å². The highest BCUT2D eigenvalue weighted by atomic mass is 16.5. The van der Waals surface area contributed by atoms with Crippen LogP contribution >= 0.6 is 0 Å². The van der Waals surface area contributed by atoms with E-state index in [1.807, 2.05) is 103 Å². The Bertz CT molecular complexity index is 1840. The zero-order chi connectivity index (χ0) is 28.0. The molecule has 0 aliphatic rings. The molecule has 0 aliphatic heterocycles. The minimum absolute atomic E-state index is 0.275. The van der Waals surface area contributed by atoms with E-state index in [2.05, 4.69) is 46.0 Å². The lowest BCUT2D eigenvalue weighted by Gasteiger charge is -2.09. The molecule has 5 aromatic carbocycles. The number of fused-ring (bicyclic) bond motifs is 1. The van der Waals surface area contributed by atoms with E-state index in [-0.39, 0.29) is 5.69 Å². The van der Waals surface area contributed by atoms with Crippen molar-refractivity contribution in [3.63, 3.8) is 0 Å². The van der Waals surface area contributed by atoms with Crippen LogP contribution in [0.2, 0.25) is 0 Å². The molecule has 0 aliphatic carbocycles. The quantitative estimate of drug-likeness (QED) is 0.163. The van der Waals surface area contributed by atoms with Gasteiger partial charge < -0.3 is 4.74 Å². The minimum atomic E-state index is -0.391. The monoisotopic (exact) mass is 536 g/mol. The van der Waals surface area contributed by atoms with Gasteiger partial charge in [-0.1, -0.05) is 78.9 Å². The number of aromatic nitrogens is 2. The highest BCUT2D eigenvalue weighted by molar-refractivity contribution is 5.95. The van der Waals surface area contributed by atoms with Gasteiger partial charge in [0.05, 0.1) is 17.6 Å². The molecule has 0 spiro atoms. The Morgan fingerprint density at radius 1 is 0.829 bits per heavy atom. The second-order valence-electron chi connectivity index (χ2n) is 9.77. The Labute approximate surface area is 238 Å².